The van der Waals surface area contributed by atoms with Gasteiger partial charge >= 0.3 is 0 Å². The van der Waals surface area contributed by atoms with Gasteiger partial charge in [0.1, 0.15) is 0 Å². The third kappa shape index (κ3) is 1.41. The van der Waals surface area contributed by atoms with Crippen LogP contribution in [-0.2, 0) is 0 Å². The van der Waals surface area contributed by atoms with E-state index in [0.717, 1.165) is 11.8 Å². The van der Waals surface area contributed by atoms with Crippen molar-refractivity contribution in [2.45, 2.75) is 54.4 Å². The molecular formula is C12H24. The summed E-state index contributed by atoms with van der Waals surface area (Å²) in [5, 5.41) is 0. The maximum atomic E-state index is 2.45. The molecule has 1 rings (SSSR count). The zero-order valence-electron chi connectivity index (χ0n) is 9.57. The largest absolute Gasteiger partial charge is 0.0651 e. The van der Waals surface area contributed by atoms with Crippen LogP contribution in [0.4, 0.5) is 0 Å². The summed E-state index contributed by atoms with van der Waals surface area (Å²) in [6, 6.07) is 0. The topological polar surface area (TPSA) is 0 Å². The molecule has 0 heteroatoms. The second-order valence-electron chi connectivity index (χ2n) is 6.08. The maximum Gasteiger partial charge on any atom is -0.0292 e. The van der Waals surface area contributed by atoms with Crippen molar-refractivity contribution < 1.29 is 0 Å². The molecule has 1 fully saturated rings. The Labute approximate surface area is 77.7 Å². The number of hydrogen-bond donors (Lipinski definition) is 0. The fourth-order valence-corrected chi connectivity index (χ4v) is 3.18. The Bertz CT molecular complexity index is 159. The second-order valence-corrected chi connectivity index (χ2v) is 6.08. The molecule has 0 aromatic carbocycles. The summed E-state index contributed by atoms with van der Waals surface area (Å²) in [6.45, 7) is 14.4. The average Bonchev–Trinajstić information content (AvgIpc) is 1.83. The Morgan fingerprint density at radius 1 is 1.25 bits per heavy atom. The number of rotatable bonds is 1. The molecule has 0 nitrogen and oxygen atoms in total. The van der Waals surface area contributed by atoms with Gasteiger partial charge in [-0.25, -0.2) is 0 Å². The first kappa shape index (κ1) is 10.1. The van der Waals surface area contributed by atoms with E-state index >= 15 is 0 Å². The highest BCUT2D eigenvalue weighted by atomic mass is 14.6. The van der Waals surface area contributed by atoms with Crippen molar-refractivity contribution in [3.05, 3.63) is 0 Å². The van der Waals surface area contributed by atoms with E-state index in [0.29, 0.717) is 10.8 Å². The van der Waals surface area contributed by atoms with E-state index in [4.69, 9.17) is 0 Å². The molecule has 0 bridgehead atoms. The van der Waals surface area contributed by atoms with Crippen molar-refractivity contribution in [3.8, 4) is 0 Å². The third-order valence-corrected chi connectivity index (χ3v) is 4.01. The molecule has 0 saturated heterocycles. The molecule has 2 atom stereocenters. The second kappa shape index (κ2) is 2.75. The molecule has 1 aliphatic carbocycles. The lowest BCUT2D eigenvalue weighted by atomic mass is 9.47. The molecule has 0 radical (unpaired) electrons. The van der Waals surface area contributed by atoms with Crippen LogP contribution < -0.4 is 0 Å². The SMILES string of the molecule is CCC1CC(C(C)(C)C)C1(C)C. The average molecular weight is 168 g/mol. The van der Waals surface area contributed by atoms with Gasteiger partial charge in [-0.1, -0.05) is 48.0 Å². The van der Waals surface area contributed by atoms with Gasteiger partial charge in [-0.05, 0) is 29.1 Å². The summed E-state index contributed by atoms with van der Waals surface area (Å²) in [7, 11) is 0. The monoisotopic (exact) mass is 168 g/mol. The highest BCUT2D eigenvalue weighted by molar-refractivity contribution is 5.00. The van der Waals surface area contributed by atoms with Gasteiger partial charge in [-0.2, -0.15) is 0 Å². The molecule has 12 heavy (non-hydrogen) atoms. The Balaban J connectivity index is 2.65. The van der Waals surface area contributed by atoms with Crippen LogP contribution in [0, 0.1) is 22.7 Å². The van der Waals surface area contributed by atoms with Crippen molar-refractivity contribution in [2.75, 3.05) is 0 Å². The fourth-order valence-electron chi connectivity index (χ4n) is 3.18. The van der Waals surface area contributed by atoms with Gasteiger partial charge < -0.3 is 0 Å². The minimum atomic E-state index is 0.509. The van der Waals surface area contributed by atoms with Crippen molar-refractivity contribution >= 4 is 0 Å². The highest BCUT2D eigenvalue weighted by Gasteiger charge is 2.51. The van der Waals surface area contributed by atoms with Gasteiger partial charge in [-0.3, -0.25) is 0 Å². The Kier molecular flexibility index (Phi) is 2.31. The summed E-state index contributed by atoms with van der Waals surface area (Å²) in [4.78, 5) is 0. The zero-order valence-corrected chi connectivity index (χ0v) is 9.57. The third-order valence-electron chi connectivity index (χ3n) is 4.01. The van der Waals surface area contributed by atoms with E-state index < -0.39 is 0 Å². The standard InChI is InChI=1S/C12H24/c1-7-9-8-10(11(2,3)4)12(9,5)6/h9-10H,7-8H2,1-6H3. The minimum absolute atomic E-state index is 0.509. The van der Waals surface area contributed by atoms with E-state index in [-0.39, 0.29) is 0 Å². The van der Waals surface area contributed by atoms with E-state index in [2.05, 4.69) is 41.5 Å². The lowest BCUT2D eigenvalue weighted by Gasteiger charge is -2.58. The van der Waals surface area contributed by atoms with E-state index in [9.17, 15) is 0 Å². The van der Waals surface area contributed by atoms with Crippen LogP contribution in [0.5, 0.6) is 0 Å². The molecule has 0 heterocycles. The smallest absolute Gasteiger partial charge is 0.0292 e. The summed E-state index contributed by atoms with van der Waals surface area (Å²) in [5.74, 6) is 1.90. The first-order valence-electron chi connectivity index (χ1n) is 5.30. The van der Waals surface area contributed by atoms with Crippen molar-refractivity contribution in [3.63, 3.8) is 0 Å². The van der Waals surface area contributed by atoms with Crippen molar-refractivity contribution in [1.82, 2.24) is 0 Å². The van der Waals surface area contributed by atoms with Crippen molar-refractivity contribution in [1.29, 1.82) is 0 Å². The Hall–Kier alpha value is 0. The molecule has 0 N–H and O–H groups in total. The molecule has 0 aromatic rings. The van der Waals surface area contributed by atoms with Gasteiger partial charge in [0.05, 0.1) is 0 Å². The van der Waals surface area contributed by atoms with Gasteiger partial charge in [-0.15, -0.1) is 0 Å². The molecule has 2 unspecified atom stereocenters. The quantitative estimate of drug-likeness (QED) is 0.553. The predicted octanol–water partition coefficient (Wildman–Crippen LogP) is 4.10. The molecule has 0 amide bonds. The maximum absolute atomic E-state index is 2.45. The van der Waals surface area contributed by atoms with Crippen LogP contribution in [0.25, 0.3) is 0 Å². The van der Waals surface area contributed by atoms with Crippen LogP contribution in [0.1, 0.15) is 54.4 Å². The summed E-state index contributed by atoms with van der Waals surface area (Å²) in [6.07, 6.45) is 2.81. The zero-order chi connectivity index (χ0) is 9.57. The van der Waals surface area contributed by atoms with Gasteiger partial charge in [0.2, 0.25) is 0 Å². The van der Waals surface area contributed by atoms with Crippen LogP contribution in [0.2, 0.25) is 0 Å². The van der Waals surface area contributed by atoms with E-state index in [1.54, 1.807) is 0 Å². The summed E-state index contributed by atoms with van der Waals surface area (Å²) >= 11 is 0. The number of hydrogen-bond acceptors (Lipinski definition) is 0. The van der Waals surface area contributed by atoms with E-state index in [1.807, 2.05) is 0 Å². The first-order valence-corrected chi connectivity index (χ1v) is 5.30. The van der Waals surface area contributed by atoms with Crippen molar-refractivity contribution in [2.24, 2.45) is 22.7 Å². The van der Waals surface area contributed by atoms with E-state index in [1.165, 1.54) is 12.8 Å². The summed E-state index contributed by atoms with van der Waals surface area (Å²) < 4.78 is 0. The first-order chi connectivity index (χ1) is 5.30. The molecule has 0 spiro atoms. The minimum Gasteiger partial charge on any atom is -0.0651 e. The molecule has 0 aliphatic heterocycles. The van der Waals surface area contributed by atoms with Gasteiger partial charge in [0.15, 0.2) is 0 Å². The summed E-state index contributed by atoms with van der Waals surface area (Å²) in [5.41, 5.74) is 1.10. The lowest BCUT2D eigenvalue weighted by molar-refractivity contribution is -0.0856. The van der Waals surface area contributed by atoms with Crippen LogP contribution in [0.15, 0.2) is 0 Å². The molecule has 0 aromatic heterocycles. The molecule has 1 aliphatic rings. The van der Waals surface area contributed by atoms with Crippen LogP contribution in [-0.4, -0.2) is 0 Å². The molecule has 1 saturated carbocycles. The molecular weight excluding hydrogens is 144 g/mol. The Morgan fingerprint density at radius 2 is 1.75 bits per heavy atom. The fraction of sp³-hybridized carbons (Fsp3) is 1.00. The molecule has 72 valence electrons. The predicted molar refractivity (Wildman–Crippen MR) is 55.1 cm³/mol. The van der Waals surface area contributed by atoms with Gasteiger partial charge in [0.25, 0.3) is 0 Å². The highest BCUT2D eigenvalue weighted by Crippen LogP contribution is 2.59. The normalized spacial score (nSPS) is 34.5. The van der Waals surface area contributed by atoms with Gasteiger partial charge in [0, 0.05) is 0 Å². The van der Waals surface area contributed by atoms with Crippen LogP contribution in [0.3, 0.4) is 0 Å². The van der Waals surface area contributed by atoms with Crippen LogP contribution >= 0.6 is 0 Å². The Morgan fingerprint density at radius 3 is 2.00 bits per heavy atom. The lowest BCUT2D eigenvalue weighted by Crippen LogP contribution is -2.50.